The molecule has 8 heteroatoms. The summed E-state index contributed by atoms with van der Waals surface area (Å²) in [5.74, 6) is 0.896. The number of amides is 2. The quantitative estimate of drug-likeness (QED) is 0.302. The highest BCUT2D eigenvalue weighted by Crippen LogP contribution is 2.33. The van der Waals surface area contributed by atoms with Gasteiger partial charge in [-0.25, -0.2) is 9.97 Å². The summed E-state index contributed by atoms with van der Waals surface area (Å²) >= 11 is 1.47. The van der Waals surface area contributed by atoms with Crippen molar-refractivity contribution in [2.75, 3.05) is 10.6 Å². The van der Waals surface area contributed by atoms with Gasteiger partial charge in [0.1, 0.15) is 5.52 Å². The summed E-state index contributed by atoms with van der Waals surface area (Å²) in [5, 5.41) is 6.71. The molecule has 4 aromatic rings. The Balaban J connectivity index is 1.19. The van der Waals surface area contributed by atoms with E-state index in [2.05, 4.69) is 20.6 Å². The lowest BCUT2D eigenvalue weighted by Crippen LogP contribution is -2.24. The number of aromatic nitrogens is 2. The van der Waals surface area contributed by atoms with E-state index in [1.807, 2.05) is 36.4 Å². The van der Waals surface area contributed by atoms with Gasteiger partial charge in [-0.15, -0.1) is 0 Å². The van der Waals surface area contributed by atoms with E-state index >= 15 is 0 Å². The first-order valence-electron chi connectivity index (χ1n) is 13.1. The molecule has 2 fully saturated rings. The first-order valence-corrected chi connectivity index (χ1v) is 13.9. The number of oxazole rings is 1. The number of rotatable bonds is 5. The lowest BCUT2D eigenvalue weighted by molar-refractivity contribution is -0.121. The Bertz CT molecular complexity index is 1380. The van der Waals surface area contributed by atoms with Gasteiger partial charge in [0.05, 0.1) is 10.2 Å². The molecule has 36 heavy (non-hydrogen) atoms. The zero-order valence-electron chi connectivity index (χ0n) is 20.2. The standard InChI is InChI=1S/C28H30N4O3S/c33-25(17-7-3-1-4-8-17)29-20-12-14-23-22(16-20)30-27(35-23)19-11-13-21-24(15-19)36-28(31-21)32-26(34)18-9-5-2-6-10-18/h11-18H,1-10H2,(H,29,33)(H,31,32,34). The van der Waals surface area contributed by atoms with Crippen molar-refractivity contribution in [3.05, 3.63) is 36.4 Å². The van der Waals surface area contributed by atoms with Gasteiger partial charge in [0.25, 0.3) is 0 Å². The molecule has 2 aliphatic rings. The van der Waals surface area contributed by atoms with E-state index in [-0.39, 0.29) is 23.7 Å². The molecule has 2 N–H and O–H groups in total. The van der Waals surface area contributed by atoms with E-state index in [1.165, 1.54) is 24.2 Å². The molecular formula is C28H30N4O3S. The fraction of sp³-hybridized carbons (Fsp3) is 0.429. The monoisotopic (exact) mass is 502 g/mol. The van der Waals surface area contributed by atoms with Crippen LogP contribution in [0.5, 0.6) is 0 Å². The van der Waals surface area contributed by atoms with Crippen LogP contribution in [0.3, 0.4) is 0 Å². The van der Waals surface area contributed by atoms with Gasteiger partial charge >= 0.3 is 0 Å². The van der Waals surface area contributed by atoms with Crippen molar-refractivity contribution in [3.63, 3.8) is 0 Å². The number of fused-ring (bicyclic) bond motifs is 2. The number of nitrogens with one attached hydrogen (secondary N) is 2. The summed E-state index contributed by atoms with van der Waals surface area (Å²) < 4.78 is 6.99. The average Bonchev–Trinajstić information content (AvgIpc) is 3.52. The number of hydrogen-bond donors (Lipinski definition) is 2. The molecule has 186 valence electrons. The molecule has 6 rings (SSSR count). The second-order valence-electron chi connectivity index (χ2n) is 10.1. The largest absolute Gasteiger partial charge is 0.436 e. The normalized spacial score (nSPS) is 17.4. The minimum Gasteiger partial charge on any atom is -0.436 e. The Labute approximate surface area is 213 Å². The molecular weight excluding hydrogens is 472 g/mol. The zero-order valence-corrected chi connectivity index (χ0v) is 21.0. The van der Waals surface area contributed by atoms with E-state index < -0.39 is 0 Å². The number of benzene rings is 2. The number of hydrogen-bond acceptors (Lipinski definition) is 6. The van der Waals surface area contributed by atoms with E-state index in [0.717, 1.165) is 72.8 Å². The van der Waals surface area contributed by atoms with Gasteiger partial charge in [-0.05, 0) is 62.1 Å². The lowest BCUT2D eigenvalue weighted by atomic mass is 9.88. The van der Waals surface area contributed by atoms with Crippen LogP contribution in [0, 0.1) is 11.8 Å². The third-order valence-electron chi connectivity index (χ3n) is 7.47. The van der Waals surface area contributed by atoms with Crippen molar-refractivity contribution in [3.8, 4) is 11.5 Å². The fourth-order valence-electron chi connectivity index (χ4n) is 5.42. The highest BCUT2D eigenvalue weighted by molar-refractivity contribution is 7.22. The first kappa shape index (κ1) is 23.2. The highest BCUT2D eigenvalue weighted by atomic mass is 32.1. The topological polar surface area (TPSA) is 97.1 Å². The van der Waals surface area contributed by atoms with Gasteiger partial charge in [-0.2, -0.15) is 0 Å². The van der Waals surface area contributed by atoms with Crippen LogP contribution < -0.4 is 10.6 Å². The molecule has 0 radical (unpaired) electrons. The Kier molecular flexibility index (Phi) is 6.44. The predicted octanol–water partition coefficient (Wildman–Crippen LogP) is 7.14. The minimum atomic E-state index is 0.0827. The predicted molar refractivity (Wildman–Crippen MR) is 143 cm³/mol. The summed E-state index contributed by atoms with van der Waals surface area (Å²) in [7, 11) is 0. The van der Waals surface area contributed by atoms with Gasteiger partial charge in [0, 0.05) is 23.1 Å². The second-order valence-corrected chi connectivity index (χ2v) is 11.1. The van der Waals surface area contributed by atoms with Gasteiger partial charge in [0.15, 0.2) is 10.7 Å². The fourth-order valence-corrected chi connectivity index (χ4v) is 6.33. The van der Waals surface area contributed by atoms with Gasteiger partial charge in [-0.3, -0.25) is 9.59 Å². The van der Waals surface area contributed by atoms with Crippen LogP contribution in [0.15, 0.2) is 40.8 Å². The number of thiazole rings is 1. The smallest absolute Gasteiger partial charge is 0.229 e. The van der Waals surface area contributed by atoms with Crippen molar-refractivity contribution >= 4 is 55.3 Å². The van der Waals surface area contributed by atoms with Crippen LogP contribution in [0.25, 0.3) is 32.8 Å². The molecule has 0 atom stereocenters. The van der Waals surface area contributed by atoms with Crippen molar-refractivity contribution in [1.82, 2.24) is 9.97 Å². The number of anilines is 2. The Morgan fingerprint density at radius 3 is 2.19 bits per heavy atom. The summed E-state index contributed by atoms with van der Waals surface area (Å²) in [6, 6.07) is 11.5. The van der Waals surface area contributed by atoms with Crippen LogP contribution in [0.1, 0.15) is 64.2 Å². The Morgan fingerprint density at radius 2 is 1.47 bits per heavy atom. The summed E-state index contributed by atoms with van der Waals surface area (Å²) in [6.45, 7) is 0. The summed E-state index contributed by atoms with van der Waals surface area (Å²) in [4.78, 5) is 34.5. The van der Waals surface area contributed by atoms with Gasteiger partial charge < -0.3 is 15.1 Å². The third kappa shape index (κ3) is 4.87. The molecule has 0 saturated heterocycles. The van der Waals surface area contributed by atoms with Crippen molar-refractivity contribution in [1.29, 1.82) is 0 Å². The maximum atomic E-state index is 12.6. The average molecular weight is 503 g/mol. The van der Waals surface area contributed by atoms with E-state index in [4.69, 9.17) is 4.42 Å². The lowest BCUT2D eigenvalue weighted by Gasteiger charge is -2.20. The molecule has 0 spiro atoms. The van der Waals surface area contributed by atoms with Crippen LogP contribution in [-0.2, 0) is 9.59 Å². The van der Waals surface area contributed by atoms with E-state index in [1.54, 1.807) is 0 Å². The molecule has 2 amide bonds. The molecule has 0 aliphatic heterocycles. The first-order chi connectivity index (χ1) is 17.6. The van der Waals surface area contributed by atoms with E-state index in [9.17, 15) is 9.59 Å². The zero-order chi connectivity index (χ0) is 24.5. The highest BCUT2D eigenvalue weighted by Gasteiger charge is 2.23. The molecule has 2 aromatic carbocycles. The molecule has 2 heterocycles. The molecule has 0 bridgehead atoms. The van der Waals surface area contributed by atoms with Crippen molar-refractivity contribution in [2.24, 2.45) is 11.8 Å². The molecule has 2 saturated carbocycles. The third-order valence-corrected chi connectivity index (χ3v) is 8.41. The Morgan fingerprint density at radius 1 is 0.778 bits per heavy atom. The summed E-state index contributed by atoms with van der Waals surface area (Å²) in [5.41, 5.74) is 3.81. The van der Waals surface area contributed by atoms with Gasteiger partial charge in [0.2, 0.25) is 17.7 Å². The van der Waals surface area contributed by atoms with Crippen LogP contribution in [0.2, 0.25) is 0 Å². The molecule has 2 aliphatic carbocycles. The second kappa shape index (κ2) is 10.0. The maximum absolute atomic E-state index is 12.6. The van der Waals surface area contributed by atoms with Crippen molar-refractivity contribution in [2.45, 2.75) is 64.2 Å². The number of carbonyl (C=O) groups excluding carboxylic acids is 2. The molecule has 0 unspecified atom stereocenters. The van der Waals surface area contributed by atoms with Crippen molar-refractivity contribution < 1.29 is 14.0 Å². The molecule has 7 nitrogen and oxygen atoms in total. The van der Waals surface area contributed by atoms with E-state index in [0.29, 0.717) is 22.1 Å². The van der Waals surface area contributed by atoms with Crippen LogP contribution in [0.4, 0.5) is 10.8 Å². The molecule has 2 aromatic heterocycles. The van der Waals surface area contributed by atoms with Gasteiger partial charge in [-0.1, -0.05) is 49.9 Å². The number of carbonyl (C=O) groups is 2. The maximum Gasteiger partial charge on any atom is 0.229 e. The van der Waals surface area contributed by atoms with Crippen LogP contribution >= 0.6 is 11.3 Å². The Hall–Kier alpha value is -3.26. The van der Waals surface area contributed by atoms with Crippen LogP contribution in [-0.4, -0.2) is 21.8 Å². The summed E-state index contributed by atoms with van der Waals surface area (Å²) in [6.07, 6.45) is 10.8. The minimum absolute atomic E-state index is 0.0827. The number of nitrogens with zero attached hydrogens (tertiary/aromatic N) is 2. The SMILES string of the molecule is O=C(Nc1ccc2oc(-c3ccc4nc(NC(=O)C5CCCCC5)sc4c3)nc2c1)C1CCCCC1.